The molecule has 0 saturated heterocycles. The van der Waals surface area contributed by atoms with Gasteiger partial charge in [-0.1, -0.05) is 18.2 Å². The number of hydrogen-bond donors (Lipinski definition) is 0. The molecular weight excluding hydrogens is 341 g/mol. The van der Waals surface area contributed by atoms with Crippen LogP contribution in [-0.4, -0.2) is 16.5 Å². The Morgan fingerprint density at radius 3 is 2.85 bits per heavy atom. The average molecular weight is 361 g/mol. The smallest absolute Gasteiger partial charge is 0.247 e. The van der Waals surface area contributed by atoms with E-state index in [1.165, 1.54) is 12.1 Å². The molecule has 0 spiro atoms. The first kappa shape index (κ1) is 17.3. The van der Waals surface area contributed by atoms with Gasteiger partial charge in [-0.2, -0.15) is 5.26 Å². The van der Waals surface area contributed by atoms with Gasteiger partial charge in [0, 0.05) is 22.8 Å². The number of amides is 1. The molecule has 0 unspecified atom stereocenters. The van der Waals surface area contributed by atoms with Crippen molar-refractivity contribution >= 4 is 22.5 Å². The summed E-state index contributed by atoms with van der Waals surface area (Å²) in [6.45, 7) is 4.04. The summed E-state index contributed by atoms with van der Waals surface area (Å²) in [5.41, 5.74) is 3.93. The second-order valence-electron chi connectivity index (χ2n) is 7.10. The minimum atomic E-state index is -0.276. The van der Waals surface area contributed by atoms with Gasteiger partial charge in [0.2, 0.25) is 5.91 Å². The highest BCUT2D eigenvalue weighted by atomic mass is 19.1. The van der Waals surface area contributed by atoms with Crippen molar-refractivity contribution in [2.24, 2.45) is 0 Å². The maximum absolute atomic E-state index is 13.6. The van der Waals surface area contributed by atoms with E-state index in [0.29, 0.717) is 5.56 Å². The lowest BCUT2D eigenvalue weighted by Gasteiger charge is -2.35. The lowest BCUT2D eigenvalue weighted by Crippen LogP contribution is -2.43. The molecule has 1 amide bonds. The number of hydrogen-bond acceptors (Lipinski definition) is 2. The number of anilines is 1. The molecule has 0 bridgehead atoms. The van der Waals surface area contributed by atoms with Gasteiger partial charge in [0.25, 0.3) is 0 Å². The number of aromatic nitrogens is 1. The fourth-order valence-corrected chi connectivity index (χ4v) is 4.09. The first-order valence-electron chi connectivity index (χ1n) is 9.09. The van der Waals surface area contributed by atoms with E-state index in [-0.39, 0.29) is 24.3 Å². The van der Waals surface area contributed by atoms with Crippen molar-refractivity contribution in [1.82, 2.24) is 4.57 Å². The second-order valence-corrected chi connectivity index (χ2v) is 7.10. The monoisotopic (exact) mass is 361 g/mol. The van der Waals surface area contributed by atoms with Crippen molar-refractivity contribution in [2.45, 2.75) is 39.3 Å². The van der Waals surface area contributed by atoms with E-state index in [9.17, 15) is 14.4 Å². The van der Waals surface area contributed by atoms with E-state index >= 15 is 0 Å². The molecular formula is C22H20FN3O. The minimum Gasteiger partial charge on any atom is -0.334 e. The van der Waals surface area contributed by atoms with Crippen LogP contribution in [0.2, 0.25) is 0 Å². The molecule has 1 atom stereocenters. The largest absolute Gasteiger partial charge is 0.334 e. The Morgan fingerprint density at radius 2 is 2.07 bits per heavy atom. The molecule has 1 aromatic heterocycles. The standard InChI is InChI=1S/C22H20FN3O/c1-14-7-8-16-11-17(23)9-10-20(16)26(14)22(27)13-25-15(2)19(12-24)18-5-3-4-6-21(18)25/h3-6,9-11,14H,7-8,13H2,1-2H3/t14-/m0/s1. The van der Waals surface area contributed by atoms with Gasteiger partial charge in [-0.3, -0.25) is 4.79 Å². The summed E-state index contributed by atoms with van der Waals surface area (Å²) in [6.07, 6.45) is 1.57. The zero-order chi connectivity index (χ0) is 19.1. The summed E-state index contributed by atoms with van der Waals surface area (Å²) < 4.78 is 15.5. The number of para-hydroxylation sites is 1. The molecule has 3 aromatic rings. The van der Waals surface area contributed by atoms with E-state index in [1.807, 2.05) is 42.7 Å². The zero-order valence-electron chi connectivity index (χ0n) is 15.4. The Kier molecular flexibility index (Phi) is 4.19. The number of carbonyl (C=O) groups is 1. The van der Waals surface area contributed by atoms with Crippen LogP contribution in [0.3, 0.4) is 0 Å². The van der Waals surface area contributed by atoms with Crippen molar-refractivity contribution in [1.29, 1.82) is 5.26 Å². The van der Waals surface area contributed by atoms with Crippen molar-refractivity contribution in [3.63, 3.8) is 0 Å². The second kappa shape index (κ2) is 6.55. The molecule has 0 fully saturated rings. The average Bonchev–Trinajstić information content (AvgIpc) is 2.93. The fourth-order valence-electron chi connectivity index (χ4n) is 4.09. The lowest BCUT2D eigenvalue weighted by atomic mass is 9.96. The molecule has 0 saturated carbocycles. The minimum absolute atomic E-state index is 0.0491. The summed E-state index contributed by atoms with van der Waals surface area (Å²) in [5, 5.41) is 10.4. The first-order valence-corrected chi connectivity index (χ1v) is 9.09. The molecule has 136 valence electrons. The number of fused-ring (bicyclic) bond motifs is 2. The van der Waals surface area contributed by atoms with Crippen molar-refractivity contribution in [2.75, 3.05) is 4.90 Å². The van der Waals surface area contributed by atoms with Crippen LogP contribution in [0.1, 0.15) is 30.2 Å². The molecule has 27 heavy (non-hydrogen) atoms. The quantitative estimate of drug-likeness (QED) is 0.682. The summed E-state index contributed by atoms with van der Waals surface area (Å²) >= 11 is 0. The number of rotatable bonds is 2. The number of halogens is 1. The maximum atomic E-state index is 13.6. The van der Waals surface area contributed by atoms with E-state index in [1.54, 1.807) is 11.0 Å². The van der Waals surface area contributed by atoms with Gasteiger partial charge in [0.15, 0.2) is 0 Å². The van der Waals surface area contributed by atoms with Crippen molar-refractivity contribution in [3.05, 3.63) is 65.1 Å². The Bertz CT molecular complexity index is 1090. The number of benzene rings is 2. The van der Waals surface area contributed by atoms with Gasteiger partial charge in [-0.25, -0.2) is 4.39 Å². The van der Waals surface area contributed by atoms with Crippen LogP contribution in [0.15, 0.2) is 42.5 Å². The Labute approximate surface area is 157 Å². The van der Waals surface area contributed by atoms with E-state index in [2.05, 4.69) is 6.07 Å². The van der Waals surface area contributed by atoms with E-state index < -0.39 is 0 Å². The van der Waals surface area contributed by atoms with Crippen LogP contribution in [-0.2, 0) is 17.8 Å². The summed E-state index contributed by atoms with van der Waals surface area (Å²) in [4.78, 5) is 15.0. The predicted molar refractivity (Wildman–Crippen MR) is 103 cm³/mol. The van der Waals surface area contributed by atoms with Gasteiger partial charge in [0.05, 0.1) is 11.1 Å². The number of nitrogens with zero attached hydrogens (tertiary/aromatic N) is 3. The van der Waals surface area contributed by atoms with Gasteiger partial charge in [0.1, 0.15) is 18.4 Å². The fraction of sp³-hybridized carbons (Fsp3) is 0.273. The highest BCUT2D eigenvalue weighted by Crippen LogP contribution is 2.32. The van der Waals surface area contributed by atoms with E-state index in [0.717, 1.165) is 40.7 Å². The van der Waals surface area contributed by atoms with Crippen LogP contribution in [0.5, 0.6) is 0 Å². The highest BCUT2D eigenvalue weighted by molar-refractivity contribution is 5.97. The number of carbonyl (C=O) groups excluding carboxylic acids is 1. The molecule has 0 radical (unpaired) electrons. The normalized spacial score (nSPS) is 16.2. The number of aryl methyl sites for hydroxylation is 1. The molecule has 2 heterocycles. The molecule has 4 rings (SSSR count). The molecule has 5 heteroatoms. The Morgan fingerprint density at radius 1 is 1.30 bits per heavy atom. The molecule has 4 nitrogen and oxygen atoms in total. The first-order chi connectivity index (χ1) is 13.0. The summed E-state index contributed by atoms with van der Waals surface area (Å²) in [6, 6.07) is 14.6. The molecule has 1 aliphatic heterocycles. The molecule has 0 N–H and O–H groups in total. The van der Waals surface area contributed by atoms with Crippen LogP contribution in [0.4, 0.5) is 10.1 Å². The number of nitriles is 1. The highest BCUT2D eigenvalue weighted by Gasteiger charge is 2.29. The summed E-state index contributed by atoms with van der Waals surface area (Å²) in [5.74, 6) is -0.329. The van der Waals surface area contributed by atoms with Crippen LogP contribution >= 0.6 is 0 Å². The molecule has 2 aromatic carbocycles. The van der Waals surface area contributed by atoms with Crippen molar-refractivity contribution < 1.29 is 9.18 Å². The maximum Gasteiger partial charge on any atom is 0.247 e. The topological polar surface area (TPSA) is 49.0 Å². The third-order valence-electron chi connectivity index (χ3n) is 5.48. The van der Waals surface area contributed by atoms with Gasteiger partial charge >= 0.3 is 0 Å². The Balaban J connectivity index is 1.75. The van der Waals surface area contributed by atoms with Crippen LogP contribution in [0, 0.1) is 24.1 Å². The lowest BCUT2D eigenvalue weighted by molar-refractivity contribution is -0.119. The zero-order valence-corrected chi connectivity index (χ0v) is 15.4. The summed E-state index contributed by atoms with van der Waals surface area (Å²) in [7, 11) is 0. The predicted octanol–water partition coefficient (Wildman–Crippen LogP) is 4.33. The van der Waals surface area contributed by atoms with Crippen LogP contribution < -0.4 is 4.90 Å². The van der Waals surface area contributed by atoms with Crippen LogP contribution in [0.25, 0.3) is 10.9 Å². The third kappa shape index (κ3) is 2.78. The van der Waals surface area contributed by atoms with Crippen molar-refractivity contribution in [3.8, 4) is 6.07 Å². The molecule has 0 aliphatic carbocycles. The van der Waals surface area contributed by atoms with Gasteiger partial charge < -0.3 is 9.47 Å². The SMILES string of the molecule is Cc1c(C#N)c2ccccc2n1CC(=O)N1c2ccc(F)cc2CC[C@@H]1C. The molecule has 1 aliphatic rings. The van der Waals surface area contributed by atoms with Gasteiger partial charge in [-0.15, -0.1) is 0 Å². The van der Waals surface area contributed by atoms with Gasteiger partial charge in [-0.05, 0) is 56.5 Å². The van der Waals surface area contributed by atoms with E-state index in [4.69, 9.17) is 0 Å². The Hall–Kier alpha value is -3.13. The third-order valence-corrected chi connectivity index (χ3v) is 5.48.